The summed E-state index contributed by atoms with van der Waals surface area (Å²) in [5, 5.41) is 8.96. The number of carbonyl (C=O) groups is 1. The Morgan fingerprint density at radius 3 is 2.33 bits per heavy atom. The van der Waals surface area contributed by atoms with Gasteiger partial charge in [-0.3, -0.25) is 4.79 Å². The summed E-state index contributed by atoms with van der Waals surface area (Å²) < 4.78 is 28.1. The van der Waals surface area contributed by atoms with Gasteiger partial charge in [-0.05, 0) is 60.1 Å². The van der Waals surface area contributed by atoms with Crippen LogP contribution in [0, 0.1) is 16.7 Å². The standard InChI is InChI=1S/C23H25N3O3S/c1-25-17-23(10-9-22(25)27)11-13-26(14-12-23)30(28,29)21-4-2-3-20(15-21)19-7-5-18(16-24)6-8-19/h2-8,15H,9-14,17H2,1H3. The zero-order chi connectivity index (χ0) is 21.4. The van der Waals surface area contributed by atoms with Gasteiger partial charge in [0.05, 0.1) is 16.5 Å². The van der Waals surface area contributed by atoms with Crippen LogP contribution in [-0.2, 0) is 14.8 Å². The maximum Gasteiger partial charge on any atom is 0.243 e. The molecule has 2 fully saturated rings. The highest BCUT2D eigenvalue weighted by atomic mass is 32.2. The number of likely N-dealkylation sites (tertiary alicyclic amines) is 1. The predicted molar refractivity (Wildman–Crippen MR) is 114 cm³/mol. The molecule has 2 aromatic rings. The average molecular weight is 424 g/mol. The van der Waals surface area contributed by atoms with Gasteiger partial charge in [-0.1, -0.05) is 24.3 Å². The molecule has 6 nitrogen and oxygen atoms in total. The number of sulfonamides is 1. The Bertz CT molecular complexity index is 1100. The topological polar surface area (TPSA) is 81.5 Å². The normalized spacial score (nSPS) is 19.6. The van der Waals surface area contributed by atoms with Gasteiger partial charge in [0.15, 0.2) is 0 Å². The summed E-state index contributed by atoms with van der Waals surface area (Å²) in [5.74, 6) is 0.176. The van der Waals surface area contributed by atoms with Crippen molar-refractivity contribution in [3.05, 3.63) is 54.1 Å². The van der Waals surface area contributed by atoms with Crippen LogP contribution in [0.3, 0.4) is 0 Å². The van der Waals surface area contributed by atoms with Crippen LogP contribution >= 0.6 is 0 Å². The SMILES string of the molecule is CN1CC2(CCC1=O)CCN(S(=O)(=O)c1cccc(-c3ccc(C#N)cc3)c1)CC2. The summed E-state index contributed by atoms with van der Waals surface area (Å²) >= 11 is 0. The smallest absolute Gasteiger partial charge is 0.243 e. The number of nitriles is 1. The Labute approximate surface area is 177 Å². The van der Waals surface area contributed by atoms with Crippen LogP contribution < -0.4 is 0 Å². The van der Waals surface area contributed by atoms with Crippen molar-refractivity contribution in [2.75, 3.05) is 26.7 Å². The molecular formula is C23H25N3O3S. The van der Waals surface area contributed by atoms with Crippen LogP contribution in [0.4, 0.5) is 0 Å². The first-order valence-corrected chi connectivity index (χ1v) is 11.6. The number of hydrogen-bond acceptors (Lipinski definition) is 4. The second-order valence-corrected chi connectivity index (χ2v) is 10.3. The van der Waals surface area contributed by atoms with Gasteiger partial charge in [-0.25, -0.2) is 8.42 Å². The highest BCUT2D eigenvalue weighted by Crippen LogP contribution is 2.41. The number of piperidine rings is 2. The van der Waals surface area contributed by atoms with E-state index < -0.39 is 10.0 Å². The molecule has 0 N–H and O–H groups in total. The van der Waals surface area contributed by atoms with E-state index >= 15 is 0 Å². The first-order valence-electron chi connectivity index (χ1n) is 10.2. The number of rotatable bonds is 3. The van der Waals surface area contributed by atoms with Gasteiger partial charge in [0.25, 0.3) is 0 Å². The van der Waals surface area contributed by atoms with Gasteiger partial charge < -0.3 is 4.90 Å². The van der Waals surface area contributed by atoms with Crippen molar-refractivity contribution < 1.29 is 13.2 Å². The summed E-state index contributed by atoms with van der Waals surface area (Å²) in [6.45, 7) is 1.67. The van der Waals surface area contributed by atoms with Crippen LogP contribution in [0.25, 0.3) is 11.1 Å². The molecule has 0 bridgehead atoms. The summed E-state index contributed by atoms with van der Waals surface area (Å²) in [6, 6.07) is 16.2. The third kappa shape index (κ3) is 3.85. The molecule has 2 saturated heterocycles. The van der Waals surface area contributed by atoms with Crippen LogP contribution in [0.1, 0.15) is 31.2 Å². The van der Waals surface area contributed by atoms with Gasteiger partial charge >= 0.3 is 0 Å². The highest BCUT2D eigenvalue weighted by molar-refractivity contribution is 7.89. The molecular weight excluding hydrogens is 398 g/mol. The summed E-state index contributed by atoms with van der Waals surface area (Å²) in [4.78, 5) is 13.9. The molecule has 4 rings (SSSR count). The van der Waals surface area contributed by atoms with E-state index in [-0.39, 0.29) is 16.2 Å². The van der Waals surface area contributed by atoms with Crippen LogP contribution in [0.15, 0.2) is 53.4 Å². The first kappa shape index (κ1) is 20.6. The number of nitrogens with zero attached hydrogens (tertiary/aromatic N) is 3. The Morgan fingerprint density at radius 1 is 1.00 bits per heavy atom. The summed E-state index contributed by atoms with van der Waals surface area (Å²) in [7, 11) is -1.75. The monoisotopic (exact) mass is 423 g/mol. The Morgan fingerprint density at radius 2 is 1.70 bits per heavy atom. The van der Waals surface area contributed by atoms with Crippen molar-refractivity contribution >= 4 is 15.9 Å². The van der Waals surface area contributed by atoms with Gasteiger partial charge in [-0.15, -0.1) is 0 Å². The third-order valence-corrected chi connectivity index (χ3v) is 8.36. The fraction of sp³-hybridized carbons (Fsp3) is 0.391. The van der Waals surface area contributed by atoms with Gasteiger partial charge in [0.2, 0.25) is 15.9 Å². The van der Waals surface area contributed by atoms with Crippen molar-refractivity contribution in [2.45, 2.75) is 30.6 Å². The lowest BCUT2D eigenvalue weighted by atomic mass is 9.73. The van der Waals surface area contributed by atoms with Crippen molar-refractivity contribution in [1.82, 2.24) is 9.21 Å². The Balaban J connectivity index is 1.52. The van der Waals surface area contributed by atoms with E-state index in [4.69, 9.17) is 5.26 Å². The zero-order valence-corrected chi connectivity index (χ0v) is 17.9. The lowest BCUT2D eigenvalue weighted by Gasteiger charge is -2.46. The van der Waals surface area contributed by atoms with Gasteiger partial charge in [-0.2, -0.15) is 9.57 Å². The van der Waals surface area contributed by atoms with Crippen LogP contribution in [-0.4, -0.2) is 50.2 Å². The second-order valence-electron chi connectivity index (χ2n) is 8.37. The van der Waals surface area contributed by atoms with E-state index in [1.54, 1.807) is 39.5 Å². The molecule has 0 unspecified atom stereocenters. The third-order valence-electron chi connectivity index (χ3n) is 6.47. The number of benzene rings is 2. The fourth-order valence-corrected chi connectivity index (χ4v) is 6.05. The minimum Gasteiger partial charge on any atom is -0.345 e. The molecule has 30 heavy (non-hydrogen) atoms. The molecule has 7 heteroatoms. The molecule has 0 atom stereocenters. The van der Waals surface area contributed by atoms with E-state index in [2.05, 4.69) is 6.07 Å². The molecule has 0 radical (unpaired) electrons. The van der Waals surface area contributed by atoms with Crippen molar-refractivity contribution in [3.63, 3.8) is 0 Å². The summed E-state index contributed by atoms with van der Waals surface area (Å²) in [5.41, 5.74) is 2.29. The van der Waals surface area contributed by atoms with Crippen molar-refractivity contribution in [1.29, 1.82) is 5.26 Å². The lowest BCUT2D eigenvalue weighted by Crippen LogP contribution is -2.51. The maximum absolute atomic E-state index is 13.3. The van der Waals surface area contributed by atoms with E-state index in [9.17, 15) is 13.2 Å². The predicted octanol–water partition coefficient (Wildman–Crippen LogP) is 3.25. The maximum atomic E-state index is 13.3. The molecule has 1 amide bonds. The molecule has 0 aromatic heterocycles. The molecule has 2 aliphatic rings. The van der Waals surface area contributed by atoms with Crippen LogP contribution in [0.2, 0.25) is 0 Å². The Hall–Kier alpha value is -2.69. The van der Waals surface area contributed by atoms with Crippen LogP contribution in [0.5, 0.6) is 0 Å². The Kier molecular flexibility index (Phi) is 5.39. The highest BCUT2D eigenvalue weighted by Gasteiger charge is 2.42. The lowest BCUT2D eigenvalue weighted by molar-refractivity contribution is -0.136. The van der Waals surface area contributed by atoms with Gasteiger partial charge in [0.1, 0.15) is 0 Å². The van der Waals surface area contributed by atoms with E-state index in [0.717, 1.165) is 30.4 Å². The van der Waals surface area contributed by atoms with Crippen molar-refractivity contribution in [3.8, 4) is 17.2 Å². The minimum absolute atomic E-state index is 0.0407. The fourth-order valence-electron chi connectivity index (χ4n) is 4.56. The largest absolute Gasteiger partial charge is 0.345 e. The first-order chi connectivity index (χ1) is 14.3. The number of amides is 1. The van der Waals surface area contributed by atoms with E-state index in [1.165, 1.54) is 0 Å². The molecule has 156 valence electrons. The summed E-state index contributed by atoms with van der Waals surface area (Å²) in [6.07, 6.45) is 2.95. The molecule has 1 spiro atoms. The molecule has 0 saturated carbocycles. The molecule has 0 aliphatic carbocycles. The zero-order valence-electron chi connectivity index (χ0n) is 17.0. The molecule has 2 heterocycles. The number of carbonyl (C=O) groups excluding carboxylic acids is 1. The second kappa shape index (κ2) is 7.86. The number of hydrogen-bond donors (Lipinski definition) is 0. The van der Waals surface area contributed by atoms with Crippen molar-refractivity contribution in [2.24, 2.45) is 5.41 Å². The average Bonchev–Trinajstić information content (AvgIpc) is 2.77. The molecule has 2 aromatic carbocycles. The van der Waals surface area contributed by atoms with E-state index in [0.29, 0.717) is 31.6 Å². The minimum atomic E-state index is -3.58. The van der Waals surface area contributed by atoms with Gasteiger partial charge in [0, 0.05) is 33.1 Å². The molecule has 2 aliphatic heterocycles. The quantitative estimate of drug-likeness (QED) is 0.759. The van der Waals surface area contributed by atoms with E-state index in [1.807, 2.05) is 25.2 Å².